The summed E-state index contributed by atoms with van der Waals surface area (Å²) in [4.78, 5) is 13.5. The predicted octanol–water partition coefficient (Wildman–Crippen LogP) is 3.59. The normalized spacial score (nSPS) is 18.8. The van der Waals surface area contributed by atoms with Gasteiger partial charge in [0.15, 0.2) is 0 Å². The lowest BCUT2D eigenvalue weighted by Gasteiger charge is -2.10. The van der Waals surface area contributed by atoms with Gasteiger partial charge in [0.2, 0.25) is 11.8 Å². The van der Waals surface area contributed by atoms with E-state index in [2.05, 4.69) is 5.16 Å². The first-order chi connectivity index (χ1) is 9.69. The van der Waals surface area contributed by atoms with E-state index in [1.54, 1.807) is 17.0 Å². The number of hydrogen-bond acceptors (Lipinski definition) is 3. The molecule has 104 valence electrons. The zero-order valence-corrected chi connectivity index (χ0v) is 12.1. The summed E-state index contributed by atoms with van der Waals surface area (Å²) in [6, 6.07) is 9.10. The van der Waals surface area contributed by atoms with Gasteiger partial charge < -0.3 is 4.52 Å². The molecule has 6 heteroatoms. The minimum absolute atomic E-state index is 0.0116. The highest BCUT2D eigenvalue weighted by molar-refractivity contribution is 6.33. The molecule has 0 spiro atoms. The number of alkyl halides is 1. The molecule has 1 aromatic carbocycles. The van der Waals surface area contributed by atoms with Gasteiger partial charge in [0.25, 0.3) is 0 Å². The van der Waals surface area contributed by atoms with Crippen molar-refractivity contribution >= 4 is 35.0 Å². The molecule has 0 N–H and O–H groups in total. The number of carbonyl (C=O) groups is 1. The van der Waals surface area contributed by atoms with E-state index in [0.717, 1.165) is 5.56 Å². The number of aromatic nitrogens is 1. The van der Waals surface area contributed by atoms with Gasteiger partial charge in [-0.1, -0.05) is 35.0 Å². The highest BCUT2D eigenvalue weighted by Gasteiger charge is 2.32. The molecular formula is C14H12Cl2N2O2. The lowest BCUT2D eigenvalue weighted by Crippen LogP contribution is -2.24. The second-order valence-corrected chi connectivity index (χ2v) is 5.47. The van der Waals surface area contributed by atoms with Crippen LogP contribution in [-0.2, 0) is 4.79 Å². The van der Waals surface area contributed by atoms with Gasteiger partial charge in [-0.05, 0) is 12.0 Å². The average Bonchev–Trinajstić information content (AvgIpc) is 3.05. The second kappa shape index (κ2) is 5.46. The van der Waals surface area contributed by atoms with Crippen molar-refractivity contribution in [3.8, 4) is 11.3 Å². The topological polar surface area (TPSA) is 46.3 Å². The van der Waals surface area contributed by atoms with Crippen LogP contribution in [0.25, 0.3) is 11.3 Å². The molecule has 4 nitrogen and oxygen atoms in total. The van der Waals surface area contributed by atoms with Gasteiger partial charge in [0.05, 0.1) is 5.02 Å². The summed E-state index contributed by atoms with van der Waals surface area (Å²) in [5, 5.41) is 4.59. The van der Waals surface area contributed by atoms with Crippen LogP contribution in [0, 0.1) is 5.92 Å². The van der Waals surface area contributed by atoms with E-state index in [4.69, 9.17) is 27.7 Å². The van der Waals surface area contributed by atoms with Crippen molar-refractivity contribution in [3.63, 3.8) is 0 Å². The standard InChI is InChI=1S/C14H12Cl2N2O2/c15-7-9-5-13(19)18(8-9)14-6-12(17-20-14)10-3-1-2-4-11(10)16/h1-4,6,9H,5,7-8H2. The zero-order chi connectivity index (χ0) is 14.1. The van der Waals surface area contributed by atoms with E-state index in [1.807, 2.05) is 18.2 Å². The number of hydrogen-bond donors (Lipinski definition) is 0. The van der Waals surface area contributed by atoms with Gasteiger partial charge in [-0.15, -0.1) is 11.6 Å². The maximum absolute atomic E-state index is 11.9. The first kappa shape index (κ1) is 13.5. The average molecular weight is 311 g/mol. The van der Waals surface area contributed by atoms with Gasteiger partial charge in [-0.25, -0.2) is 0 Å². The molecule has 20 heavy (non-hydrogen) atoms. The van der Waals surface area contributed by atoms with Crippen LogP contribution in [0.4, 0.5) is 5.88 Å². The molecular weight excluding hydrogens is 299 g/mol. The maximum Gasteiger partial charge on any atom is 0.234 e. The summed E-state index contributed by atoms with van der Waals surface area (Å²) in [7, 11) is 0. The molecule has 3 rings (SSSR count). The van der Waals surface area contributed by atoms with Crippen molar-refractivity contribution < 1.29 is 9.32 Å². The number of carbonyl (C=O) groups excluding carboxylic acids is 1. The van der Waals surface area contributed by atoms with Crippen molar-refractivity contribution in [1.82, 2.24) is 5.16 Å². The van der Waals surface area contributed by atoms with Crippen LogP contribution in [0.15, 0.2) is 34.9 Å². The number of anilines is 1. The Morgan fingerprint density at radius 3 is 2.90 bits per heavy atom. The molecule has 0 radical (unpaired) electrons. The summed E-state index contributed by atoms with van der Waals surface area (Å²) in [6.45, 7) is 0.569. The molecule has 1 unspecified atom stereocenters. The summed E-state index contributed by atoms with van der Waals surface area (Å²) in [5.74, 6) is 1.08. The van der Waals surface area contributed by atoms with Gasteiger partial charge in [0, 0.05) is 30.5 Å². The van der Waals surface area contributed by atoms with Crippen LogP contribution in [0.5, 0.6) is 0 Å². The highest BCUT2D eigenvalue weighted by atomic mass is 35.5. The minimum atomic E-state index is 0.0116. The van der Waals surface area contributed by atoms with E-state index in [0.29, 0.717) is 35.4 Å². The molecule has 1 aliphatic heterocycles. The minimum Gasteiger partial charge on any atom is -0.338 e. The number of benzene rings is 1. The summed E-state index contributed by atoms with van der Waals surface area (Å²) >= 11 is 11.9. The SMILES string of the molecule is O=C1CC(CCl)CN1c1cc(-c2ccccc2Cl)no1. The first-order valence-electron chi connectivity index (χ1n) is 6.27. The lowest BCUT2D eigenvalue weighted by atomic mass is 10.1. The molecule has 1 aliphatic rings. The molecule has 1 atom stereocenters. The van der Waals surface area contributed by atoms with E-state index >= 15 is 0 Å². The summed E-state index contributed by atoms with van der Waals surface area (Å²) in [6.07, 6.45) is 0.450. The molecule has 1 aromatic heterocycles. The fraction of sp³-hybridized carbons (Fsp3) is 0.286. The van der Waals surface area contributed by atoms with E-state index in [-0.39, 0.29) is 11.8 Å². The largest absolute Gasteiger partial charge is 0.338 e. The van der Waals surface area contributed by atoms with Gasteiger partial charge >= 0.3 is 0 Å². The highest BCUT2D eigenvalue weighted by Crippen LogP contribution is 2.32. The Kier molecular flexibility index (Phi) is 3.68. The monoisotopic (exact) mass is 310 g/mol. The summed E-state index contributed by atoms with van der Waals surface area (Å²) in [5.41, 5.74) is 1.40. The Morgan fingerprint density at radius 1 is 1.40 bits per heavy atom. The molecule has 2 aromatic rings. The van der Waals surface area contributed by atoms with Crippen molar-refractivity contribution in [2.75, 3.05) is 17.3 Å². The third-order valence-corrected chi connectivity index (χ3v) is 4.10. The molecule has 2 heterocycles. The van der Waals surface area contributed by atoms with Crippen molar-refractivity contribution in [2.24, 2.45) is 5.92 Å². The van der Waals surface area contributed by atoms with E-state index in [1.165, 1.54) is 0 Å². The molecule has 0 aliphatic carbocycles. The Labute approximate surface area is 126 Å². The van der Waals surface area contributed by atoms with Crippen molar-refractivity contribution in [3.05, 3.63) is 35.4 Å². The van der Waals surface area contributed by atoms with Crippen LogP contribution in [0.3, 0.4) is 0 Å². The van der Waals surface area contributed by atoms with Crippen LogP contribution in [-0.4, -0.2) is 23.5 Å². The zero-order valence-electron chi connectivity index (χ0n) is 10.6. The van der Waals surface area contributed by atoms with Crippen LogP contribution in [0.1, 0.15) is 6.42 Å². The predicted molar refractivity (Wildman–Crippen MR) is 78.1 cm³/mol. The third kappa shape index (κ3) is 2.41. The fourth-order valence-corrected chi connectivity index (χ4v) is 2.73. The fourth-order valence-electron chi connectivity index (χ4n) is 2.29. The Balaban J connectivity index is 1.88. The van der Waals surface area contributed by atoms with Crippen LogP contribution >= 0.6 is 23.2 Å². The molecule has 1 fully saturated rings. The second-order valence-electron chi connectivity index (χ2n) is 4.76. The third-order valence-electron chi connectivity index (χ3n) is 3.34. The Morgan fingerprint density at radius 2 is 2.20 bits per heavy atom. The number of nitrogens with zero attached hydrogens (tertiary/aromatic N) is 2. The lowest BCUT2D eigenvalue weighted by molar-refractivity contribution is -0.117. The maximum atomic E-state index is 11.9. The van der Waals surface area contributed by atoms with Crippen molar-refractivity contribution in [2.45, 2.75) is 6.42 Å². The van der Waals surface area contributed by atoms with Crippen LogP contribution < -0.4 is 4.90 Å². The van der Waals surface area contributed by atoms with Gasteiger partial charge in [-0.2, -0.15) is 0 Å². The molecule has 1 saturated heterocycles. The van der Waals surface area contributed by atoms with E-state index in [9.17, 15) is 4.79 Å². The quantitative estimate of drug-likeness (QED) is 0.814. The van der Waals surface area contributed by atoms with Crippen LogP contribution in [0.2, 0.25) is 5.02 Å². The number of halogens is 2. The Hall–Kier alpha value is -1.52. The molecule has 1 amide bonds. The van der Waals surface area contributed by atoms with Gasteiger partial charge in [0.1, 0.15) is 5.69 Å². The van der Waals surface area contributed by atoms with Gasteiger partial charge in [-0.3, -0.25) is 9.69 Å². The van der Waals surface area contributed by atoms with E-state index < -0.39 is 0 Å². The number of rotatable bonds is 3. The van der Waals surface area contributed by atoms with Crippen molar-refractivity contribution in [1.29, 1.82) is 0 Å². The molecule has 0 bridgehead atoms. The smallest absolute Gasteiger partial charge is 0.234 e. The molecule has 0 saturated carbocycles. The summed E-state index contributed by atoms with van der Waals surface area (Å²) < 4.78 is 5.27. The number of amides is 1. The first-order valence-corrected chi connectivity index (χ1v) is 7.18. The Bertz CT molecular complexity index is 642.